The lowest BCUT2D eigenvalue weighted by atomic mass is 10.1. The van der Waals surface area contributed by atoms with Crippen LogP contribution in [0.4, 0.5) is 5.69 Å². The number of fused-ring (bicyclic) bond motifs is 1. The second-order valence-electron chi connectivity index (χ2n) is 5.76. The molecule has 0 saturated heterocycles. The zero-order chi connectivity index (χ0) is 17.1. The number of phenols is 1. The van der Waals surface area contributed by atoms with Gasteiger partial charge in [-0.3, -0.25) is 9.59 Å². The van der Waals surface area contributed by atoms with E-state index in [0.717, 1.165) is 5.56 Å². The molecule has 6 heteroatoms. The number of hydrogen-bond acceptors (Lipinski definition) is 4. The van der Waals surface area contributed by atoms with Gasteiger partial charge in [0.2, 0.25) is 0 Å². The Morgan fingerprint density at radius 3 is 2.79 bits per heavy atom. The van der Waals surface area contributed by atoms with Crippen LogP contribution in [0.2, 0.25) is 0 Å². The van der Waals surface area contributed by atoms with Crippen molar-refractivity contribution in [1.29, 1.82) is 0 Å². The molecular formula is C18H18N2O4. The van der Waals surface area contributed by atoms with Gasteiger partial charge in [0.1, 0.15) is 5.75 Å². The van der Waals surface area contributed by atoms with Crippen LogP contribution in [0.15, 0.2) is 42.5 Å². The Morgan fingerprint density at radius 1 is 1.29 bits per heavy atom. The van der Waals surface area contributed by atoms with Crippen LogP contribution in [-0.4, -0.2) is 29.6 Å². The van der Waals surface area contributed by atoms with Gasteiger partial charge >= 0.3 is 0 Å². The zero-order valence-corrected chi connectivity index (χ0v) is 13.2. The fourth-order valence-electron chi connectivity index (χ4n) is 2.63. The normalized spacial score (nSPS) is 14.1. The number of carbonyl (C=O) groups is 2. The predicted octanol–water partition coefficient (Wildman–Crippen LogP) is 2.08. The second kappa shape index (κ2) is 6.62. The van der Waals surface area contributed by atoms with Crippen molar-refractivity contribution in [1.82, 2.24) is 5.32 Å². The summed E-state index contributed by atoms with van der Waals surface area (Å²) in [5.74, 6) is 0.118. The highest BCUT2D eigenvalue weighted by Crippen LogP contribution is 2.31. The molecule has 24 heavy (non-hydrogen) atoms. The van der Waals surface area contributed by atoms with Gasteiger partial charge in [-0.25, -0.2) is 0 Å². The summed E-state index contributed by atoms with van der Waals surface area (Å²) in [6.45, 7) is 1.81. The molecule has 1 aliphatic heterocycles. The van der Waals surface area contributed by atoms with E-state index in [1.54, 1.807) is 30.3 Å². The highest BCUT2D eigenvalue weighted by molar-refractivity contribution is 6.03. The van der Waals surface area contributed by atoms with E-state index in [9.17, 15) is 14.7 Å². The number of aromatic hydroxyl groups is 1. The number of para-hydroxylation sites is 1. The first kappa shape index (κ1) is 15.9. The molecule has 0 bridgehead atoms. The third-order valence-electron chi connectivity index (χ3n) is 3.74. The average Bonchev–Trinajstić information content (AvgIpc) is 2.56. The van der Waals surface area contributed by atoms with E-state index in [-0.39, 0.29) is 30.2 Å². The Labute approximate surface area is 139 Å². The Bertz CT molecular complexity index is 771. The fourth-order valence-corrected chi connectivity index (χ4v) is 2.63. The Balaban J connectivity index is 1.70. The molecule has 0 aromatic heterocycles. The van der Waals surface area contributed by atoms with Crippen LogP contribution in [0, 0.1) is 0 Å². The Kier molecular flexibility index (Phi) is 4.37. The van der Waals surface area contributed by atoms with Crippen LogP contribution in [-0.2, 0) is 11.2 Å². The average molecular weight is 326 g/mol. The van der Waals surface area contributed by atoms with Crippen molar-refractivity contribution in [2.24, 2.45) is 0 Å². The molecule has 124 valence electrons. The second-order valence-corrected chi connectivity index (χ2v) is 5.76. The maximum atomic E-state index is 12.5. The molecule has 0 radical (unpaired) electrons. The number of benzene rings is 2. The molecule has 3 rings (SSSR count). The van der Waals surface area contributed by atoms with Gasteiger partial charge in [0.25, 0.3) is 11.8 Å². The SMILES string of the molecule is CC(Cc1ccc(O)cc1)NC(=O)c1cccc2c1OCC(=O)N2. The van der Waals surface area contributed by atoms with Gasteiger partial charge in [-0.1, -0.05) is 18.2 Å². The van der Waals surface area contributed by atoms with E-state index in [1.165, 1.54) is 0 Å². The lowest BCUT2D eigenvalue weighted by Gasteiger charge is -2.21. The summed E-state index contributed by atoms with van der Waals surface area (Å²) in [7, 11) is 0. The molecule has 3 N–H and O–H groups in total. The van der Waals surface area contributed by atoms with Crippen molar-refractivity contribution < 1.29 is 19.4 Å². The van der Waals surface area contributed by atoms with Crippen molar-refractivity contribution >= 4 is 17.5 Å². The first-order valence-electron chi connectivity index (χ1n) is 7.67. The standard InChI is InChI=1S/C18H18N2O4/c1-11(9-12-5-7-13(21)8-6-12)19-18(23)14-3-2-4-15-17(14)24-10-16(22)20-15/h2-8,11,21H,9-10H2,1H3,(H,19,23)(H,20,22). The molecule has 1 heterocycles. The van der Waals surface area contributed by atoms with E-state index in [2.05, 4.69) is 10.6 Å². The Hall–Kier alpha value is -3.02. The summed E-state index contributed by atoms with van der Waals surface area (Å²) in [5, 5.41) is 14.9. The largest absolute Gasteiger partial charge is 0.508 e. The number of phenolic OH excluding ortho intramolecular Hbond substituents is 1. The molecule has 0 saturated carbocycles. The monoisotopic (exact) mass is 326 g/mol. The van der Waals surface area contributed by atoms with E-state index < -0.39 is 0 Å². The van der Waals surface area contributed by atoms with Crippen LogP contribution in [0.3, 0.4) is 0 Å². The van der Waals surface area contributed by atoms with Crippen molar-refractivity contribution in [3.8, 4) is 11.5 Å². The molecule has 2 amide bonds. The van der Waals surface area contributed by atoms with Gasteiger partial charge in [0, 0.05) is 6.04 Å². The van der Waals surface area contributed by atoms with E-state index >= 15 is 0 Å². The topological polar surface area (TPSA) is 87.7 Å². The van der Waals surface area contributed by atoms with Crippen LogP contribution >= 0.6 is 0 Å². The summed E-state index contributed by atoms with van der Waals surface area (Å²) in [6.07, 6.45) is 0.638. The van der Waals surface area contributed by atoms with E-state index in [1.807, 2.05) is 19.1 Å². The predicted molar refractivity (Wildman–Crippen MR) is 89.3 cm³/mol. The summed E-state index contributed by atoms with van der Waals surface area (Å²) in [4.78, 5) is 23.9. The quantitative estimate of drug-likeness (QED) is 0.803. The minimum atomic E-state index is -0.255. The molecule has 2 aromatic rings. The molecule has 1 atom stereocenters. The van der Waals surface area contributed by atoms with Crippen molar-refractivity contribution in [2.75, 3.05) is 11.9 Å². The van der Waals surface area contributed by atoms with Gasteiger partial charge in [0.05, 0.1) is 11.3 Å². The summed E-state index contributed by atoms with van der Waals surface area (Å²) < 4.78 is 5.40. The van der Waals surface area contributed by atoms with Crippen molar-refractivity contribution in [2.45, 2.75) is 19.4 Å². The lowest BCUT2D eigenvalue weighted by Crippen LogP contribution is -2.35. The van der Waals surface area contributed by atoms with Gasteiger partial charge in [-0.05, 0) is 43.2 Å². The lowest BCUT2D eigenvalue weighted by molar-refractivity contribution is -0.118. The molecular weight excluding hydrogens is 308 g/mol. The highest BCUT2D eigenvalue weighted by atomic mass is 16.5. The van der Waals surface area contributed by atoms with Gasteiger partial charge in [-0.15, -0.1) is 0 Å². The summed E-state index contributed by atoms with van der Waals surface area (Å²) >= 11 is 0. The van der Waals surface area contributed by atoms with Crippen LogP contribution in [0.1, 0.15) is 22.8 Å². The first-order valence-corrected chi connectivity index (χ1v) is 7.67. The summed E-state index contributed by atoms with van der Waals surface area (Å²) in [6, 6.07) is 11.8. The first-order chi connectivity index (χ1) is 11.5. The number of hydrogen-bond donors (Lipinski definition) is 3. The highest BCUT2D eigenvalue weighted by Gasteiger charge is 2.23. The van der Waals surface area contributed by atoms with Gasteiger partial charge < -0.3 is 20.5 Å². The van der Waals surface area contributed by atoms with Gasteiger partial charge in [0.15, 0.2) is 12.4 Å². The van der Waals surface area contributed by atoms with E-state index in [4.69, 9.17) is 4.74 Å². The zero-order valence-electron chi connectivity index (χ0n) is 13.2. The third kappa shape index (κ3) is 3.48. The number of ether oxygens (including phenoxy) is 1. The molecule has 0 fully saturated rings. The minimum Gasteiger partial charge on any atom is -0.508 e. The fraction of sp³-hybridized carbons (Fsp3) is 0.222. The molecule has 0 aliphatic carbocycles. The number of rotatable bonds is 4. The number of carbonyl (C=O) groups excluding carboxylic acids is 2. The van der Waals surface area contributed by atoms with Crippen molar-refractivity contribution in [3.63, 3.8) is 0 Å². The van der Waals surface area contributed by atoms with Crippen LogP contribution < -0.4 is 15.4 Å². The number of nitrogens with one attached hydrogen (secondary N) is 2. The minimum absolute atomic E-state index is 0.0969. The Morgan fingerprint density at radius 2 is 2.04 bits per heavy atom. The number of amides is 2. The maximum Gasteiger partial charge on any atom is 0.262 e. The van der Waals surface area contributed by atoms with E-state index in [0.29, 0.717) is 23.4 Å². The number of anilines is 1. The van der Waals surface area contributed by atoms with Crippen LogP contribution in [0.25, 0.3) is 0 Å². The van der Waals surface area contributed by atoms with Crippen molar-refractivity contribution in [3.05, 3.63) is 53.6 Å². The third-order valence-corrected chi connectivity index (χ3v) is 3.74. The molecule has 0 spiro atoms. The van der Waals surface area contributed by atoms with Gasteiger partial charge in [-0.2, -0.15) is 0 Å². The maximum absolute atomic E-state index is 12.5. The molecule has 2 aromatic carbocycles. The summed E-state index contributed by atoms with van der Waals surface area (Å²) in [5.41, 5.74) is 1.91. The molecule has 1 unspecified atom stereocenters. The molecule has 6 nitrogen and oxygen atoms in total. The smallest absolute Gasteiger partial charge is 0.262 e. The van der Waals surface area contributed by atoms with Crippen LogP contribution in [0.5, 0.6) is 11.5 Å². The molecule has 1 aliphatic rings.